The minimum Gasteiger partial charge on any atom is -0.550 e. The molecule has 0 aliphatic rings. The van der Waals surface area contributed by atoms with Crippen molar-refractivity contribution in [2.75, 3.05) is 19.6 Å². The molecule has 0 aromatic carbocycles. The Morgan fingerprint density at radius 2 is 1.32 bits per heavy atom. The highest BCUT2D eigenvalue weighted by Crippen LogP contribution is 2.21. The average molecular weight is 400 g/mol. The van der Waals surface area contributed by atoms with Gasteiger partial charge in [0.15, 0.2) is 0 Å². The van der Waals surface area contributed by atoms with Crippen LogP contribution in [-0.4, -0.2) is 52.2 Å². The van der Waals surface area contributed by atoms with Crippen molar-refractivity contribution in [3.05, 3.63) is 12.3 Å². The fourth-order valence-electron chi connectivity index (χ4n) is 3.44. The first-order chi connectivity index (χ1) is 13.0. The molecule has 0 amide bonds. The molecule has 0 bridgehead atoms. The first-order valence-corrected chi connectivity index (χ1v) is 10.2. The summed E-state index contributed by atoms with van der Waals surface area (Å²) in [5.41, 5.74) is 0. The summed E-state index contributed by atoms with van der Waals surface area (Å²) in [5.74, 6) is -5.48. The molecule has 0 saturated carbocycles. The minimum absolute atomic E-state index is 0.00500. The Morgan fingerprint density at radius 1 is 0.857 bits per heavy atom. The number of aliphatic carboxylic acids is 3. The van der Waals surface area contributed by atoms with E-state index in [0.717, 1.165) is 32.1 Å². The Balaban J connectivity index is 5.49. The van der Waals surface area contributed by atoms with Gasteiger partial charge in [0.2, 0.25) is 0 Å². The second-order valence-corrected chi connectivity index (χ2v) is 8.05. The fourth-order valence-corrected chi connectivity index (χ4v) is 3.44. The monoisotopic (exact) mass is 399 g/mol. The lowest BCUT2D eigenvalue weighted by Gasteiger charge is -2.39. The molecule has 3 atom stereocenters. The molecule has 0 aromatic heterocycles. The summed E-state index contributed by atoms with van der Waals surface area (Å²) in [5, 5.41) is 30.0. The second kappa shape index (κ2) is 13.3. The van der Waals surface area contributed by atoms with Crippen LogP contribution in [0, 0.1) is 17.8 Å². The molecule has 0 heterocycles. The highest BCUT2D eigenvalue weighted by atomic mass is 16.4. The van der Waals surface area contributed by atoms with Gasteiger partial charge in [-0.05, 0) is 32.8 Å². The van der Waals surface area contributed by atoms with Crippen LogP contribution in [0.4, 0.5) is 0 Å². The van der Waals surface area contributed by atoms with E-state index in [2.05, 4.69) is 6.92 Å². The van der Waals surface area contributed by atoms with Gasteiger partial charge < -0.3 is 20.1 Å². The van der Waals surface area contributed by atoms with Gasteiger partial charge in [0.05, 0.1) is 25.8 Å². The van der Waals surface area contributed by atoms with Crippen LogP contribution in [0.1, 0.15) is 66.2 Å². The number of carboxylic acid groups (broad SMARTS) is 3. The maximum atomic E-state index is 11.4. The number of hydrogen-bond acceptors (Lipinski definition) is 4. The number of quaternary nitrogens is 1. The highest BCUT2D eigenvalue weighted by molar-refractivity contribution is 5.70. The van der Waals surface area contributed by atoms with Gasteiger partial charge in [-0.1, -0.05) is 39.5 Å². The van der Waals surface area contributed by atoms with Gasteiger partial charge in [-0.25, -0.2) is 0 Å². The third kappa shape index (κ3) is 10.4. The molecule has 162 valence electrons. The number of carboxylic acids is 3. The van der Waals surface area contributed by atoms with Crippen molar-refractivity contribution in [2.24, 2.45) is 17.8 Å². The van der Waals surface area contributed by atoms with E-state index in [1.807, 2.05) is 12.3 Å². The number of carbonyl (C=O) groups is 3. The molecule has 0 radical (unpaired) electrons. The molecule has 0 rings (SSSR count). The summed E-state index contributed by atoms with van der Waals surface area (Å²) in [6.45, 7) is 7.15. The van der Waals surface area contributed by atoms with Gasteiger partial charge in [0.1, 0.15) is 11.8 Å². The number of rotatable bonds is 16. The first-order valence-electron chi connectivity index (χ1n) is 10.2. The fraction of sp³-hybridized carbons (Fsp3) is 0.762. The van der Waals surface area contributed by atoms with Gasteiger partial charge in [-0.2, -0.15) is 0 Å². The predicted octanol–water partition coefficient (Wildman–Crippen LogP) is 2.50. The third-order valence-electron chi connectivity index (χ3n) is 5.05. The largest absolute Gasteiger partial charge is 0.550 e. The van der Waals surface area contributed by atoms with Gasteiger partial charge >= 0.3 is 11.9 Å². The van der Waals surface area contributed by atoms with Crippen LogP contribution in [0.2, 0.25) is 0 Å². The molecule has 3 unspecified atom stereocenters. The summed E-state index contributed by atoms with van der Waals surface area (Å²) in [6, 6.07) is 0. The van der Waals surface area contributed by atoms with Crippen molar-refractivity contribution in [3.63, 3.8) is 0 Å². The molecular weight excluding hydrogens is 362 g/mol. The van der Waals surface area contributed by atoms with Crippen molar-refractivity contribution in [2.45, 2.75) is 66.2 Å². The van der Waals surface area contributed by atoms with E-state index in [4.69, 9.17) is 0 Å². The van der Waals surface area contributed by atoms with E-state index in [0.29, 0.717) is 0 Å². The Hall–Kier alpha value is -1.89. The predicted molar refractivity (Wildman–Crippen MR) is 105 cm³/mol. The van der Waals surface area contributed by atoms with Crippen LogP contribution in [0.25, 0.3) is 0 Å². The maximum Gasteiger partial charge on any atom is 0.311 e. The number of nitrogens with zero attached hydrogens (tertiary/aromatic N) is 1. The van der Waals surface area contributed by atoms with E-state index < -0.39 is 35.7 Å². The lowest BCUT2D eigenvalue weighted by Crippen LogP contribution is -2.54. The Labute approximate surface area is 168 Å². The van der Waals surface area contributed by atoms with Crippen molar-refractivity contribution in [1.29, 1.82) is 0 Å². The van der Waals surface area contributed by atoms with E-state index in [1.165, 1.54) is 13.3 Å². The zero-order chi connectivity index (χ0) is 21.7. The Bertz CT molecular complexity index is 476. The van der Waals surface area contributed by atoms with Crippen molar-refractivity contribution in [1.82, 2.24) is 0 Å². The van der Waals surface area contributed by atoms with E-state index in [-0.39, 0.29) is 24.1 Å². The normalized spacial score (nSPS) is 17.0. The maximum absolute atomic E-state index is 11.4. The molecule has 0 fully saturated rings. The third-order valence-corrected chi connectivity index (χ3v) is 5.05. The van der Waals surface area contributed by atoms with E-state index >= 15 is 0 Å². The van der Waals surface area contributed by atoms with Crippen molar-refractivity contribution in [3.8, 4) is 0 Å². The molecule has 28 heavy (non-hydrogen) atoms. The molecule has 0 spiro atoms. The number of allylic oxidation sites excluding steroid dienone is 1. The first kappa shape index (κ1) is 26.1. The van der Waals surface area contributed by atoms with Crippen molar-refractivity contribution >= 4 is 17.9 Å². The van der Waals surface area contributed by atoms with Crippen LogP contribution in [0.3, 0.4) is 0 Å². The quantitative estimate of drug-likeness (QED) is 0.304. The molecule has 7 nitrogen and oxygen atoms in total. The lowest BCUT2D eigenvalue weighted by atomic mass is 10.0. The standard InChI is InChI=1S/C21H37NO6/c1-5-6-7-8-9-10-11-12-22(13-16(2)19(23)24,14-17(3)20(25)26)15-18(4)21(27)28/h11-12,16-18H,5-10,13-15H2,1-4H3,(H2-,23,24,25,26,27,28)/b12-11+. The van der Waals surface area contributed by atoms with E-state index in [9.17, 15) is 29.7 Å². The summed E-state index contributed by atoms with van der Waals surface area (Å²) < 4.78 is 0.00500. The highest BCUT2D eigenvalue weighted by Gasteiger charge is 2.35. The lowest BCUT2D eigenvalue weighted by molar-refractivity contribution is -0.886. The molecule has 0 aromatic rings. The summed E-state index contributed by atoms with van der Waals surface area (Å²) in [6.07, 6.45) is 10.2. The molecule has 0 aliphatic heterocycles. The summed E-state index contributed by atoms with van der Waals surface area (Å²) in [7, 11) is 0. The second-order valence-electron chi connectivity index (χ2n) is 8.05. The number of carbonyl (C=O) groups excluding carboxylic acids is 1. The minimum atomic E-state index is -1.22. The average Bonchev–Trinajstić information content (AvgIpc) is 2.60. The number of hydrogen-bond donors (Lipinski definition) is 2. The van der Waals surface area contributed by atoms with Crippen LogP contribution in [0.5, 0.6) is 0 Å². The van der Waals surface area contributed by atoms with Crippen LogP contribution in [0.15, 0.2) is 12.3 Å². The summed E-state index contributed by atoms with van der Waals surface area (Å²) >= 11 is 0. The molecule has 2 N–H and O–H groups in total. The topological polar surface area (TPSA) is 115 Å². The SMILES string of the molecule is CCCCCCC/C=C/[N+](CC(C)C(=O)[O-])(CC(C)C(=O)O)CC(C)C(=O)O. The zero-order valence-electron chi connectivity index (χ0n) is 17.7. The van der Waals surface area contributed by atoms with Crippen molar-refractivity contribution < 1.29 is 34.2 Å². The molecule has 7 heteroatoms. The summed E-state index contributed by atoms with van der Waals surface area (Å²) in [4.78, 5) is 34.1. The smallest absolute Gasteiger partial charge is 0.311 e. The van der Waals surface area contributed by atoms with Crippen LogP contribution < -0.4 is 5.11 Å². The molecule has 0 saturated heterocycles. The van der Waals surface area contributed by atoms with Crippen LogP contribution in [-0.2, 0) is 14.4 Å². The van der Waals surface area contributed by atoms with Crippen LogP contribution >= 0.6 is 0 Å². The zero-order valence-corrected chi connectivity index (χ0v) is 17.7. The van der Waals surface area contributed by atoms with Gasteiger partial charge in [0, 0.05) is 11.9 Å². The van der Waals surface area contributed by atoms with Gasteiger partial charge in [-0.15, -0.1) is 0 Å². The van der Waals surface area contributed by atoms with Gasteiger partial charge in [-0.3, -0.25) is 14.1 Å². The molecule has 0 aliphatic carbocycles. The number of unbranched alkanes of at least 4 members (excludes halogenated alkanes) is 5. The molecular formula is C21H37NO6. The Morgan fingerprint density at radius 3 is 1.75 bits per heavy atom. The Kier molecular flexibility index (Phi) is 12.4. The van der Waals surface area contributed by atoms with Gasteiger partial charge in [0.25, 0.3) is 0 Å². The van der Waals surface area contributed by atoms with E-state index in [1.54, 1.807) is 13.8 Å².